The first kappa shape index (κ1) is 35.9. The molecule has 12 nitrogen and oxygen atoms in total. The van der Waals surface area contributed by atoms with Crippen molar-refractivity contribution in [3.8, 4) is 17.2 Å². The Labute approximate surface area is 287 Å². The number of aryl methyl sites for hydroxylation is 1. The number of aromatic nitrogens is 2. The Hall–Kier alpha value is -5.41. The average molecular weight is 694 g/mol. The second kappa shape index (κ2) is 15.4. The molecule has 1 saturated heterocycles. The van der Waals surface area contributed by atoms with Crippen molar-refractivity contribution in [1.29, 1.82) is 0 Å². The van der Waals surface area contributed by atoms with Crippen molar-refractivity contribution in [3.63, 3.8) is 0 Å². The monoisotopic (exact) mass is 693 g/mol. The maximum Gasteiger partial charge on any atom is 0.425 e. The molecule has 0 spiro atoms. The molecule has 0 bridgehead atoms. The van der Waals surface area contributed by atoms with Gasteiger partial charge in [-0.15, -0.1) is 0 Å². The van der Waals surface area contributed by atoms with Gasteiger partial charge < -0.3 is 29.7 Å². The molecule has 0 atom stereocenters. The van der Waals surface area contributed by atoms with Crippen LogP contribution in [0.2, 0.25) is 0 Å². The second-order valence-corrected chi connectivity index (χ2v) is 11.6. The number of piperazine rings is 1. The number of anilines is 4. The number of ether oxygens (including phenoxy) is 3. The predicted molar refractivity (Wildman–Crippen MR) is 183 cm³/mol. The first-order chi connectivity index (χ1) is 23.9. The van der Waals surface area contributed by atoms with Crippen LogP contribution in [0.1, 0.15) is 27.0 Å². The smallest absolute Gasteiger partial charge is 0.425 e. The van der Waals surface area contributed by atoms with Gasteiger partial charge in [-0.3, -0.25) is 9.69 Å². The zero-order valence-corrected chi connectivity index (χ0v) is 28.3. The summed E-state index contributed by atoms with van der Waals surface area (Å²) in [5.74, 6) is 0.513. The minimum atomic E-state index is -4.62. The normalized spacial score (nSPS) is 13.8. The zero-order chi connectivity index (χ0) is 36.0. The van der Waals surface area contributed by atoms with Gasteiger partial charge in [0.1, 0.15) is 23.1 Å². The molecule has 4 aromatic rings. The van der Waals surface area contributed by atoms with Gasteiger partial charge in [0.25, 0.3) is 5.91 Å². The van der Waals surface area contributed by atoms with Crippen molar-refractivity contribution in [3.05, 3.63) is 89.1 Å². The van der Waals surface area contributed by atoms with E-state index >= 15 is 0 Å². The lowest BCUT2D eigenvalue weighted by molar-refractivity contribution is -0.138. The number of rotatable bonds is 10. The maximum atomic E-state index is 14.1. The Balaban J connectivity index is 1.40. The fourth-order valence-corrected chi connectivity index (χ4v) is 5.38. The fourth-order valence-electron chi connectivity index (χ4n) is 5.38. The first-order valence-electron chi connectivity index (χ1n) is 15.7. The highest BCUT2D eigenvalue weighted by atomic mass is 19.4. The van der Waals surface area contributed by atoms with E-state index in [0.717, 1.165) is 19.2 Å². The number of halogens is 3. The van der Waals surface area contributed by atoms with E-state index in [4.69, 9.17) is 14.2 Å². The van der Waals surface area contributed by atoms with Crippen LogP contribution in [0.25, 0.3) is 0 Å². The first-order valence-corrected chi connectivity index (χ1v) is 15.7. The van der Waals surface area contributed by atoms with Crippen molar-refractivity contribution >= 4 is 35.1 Å². The highest BCUT2D eigenvalue weighted by Crippen LogP contribution is 2.38. The van der Waals surface area contributed by atoms with E-state index in [9.17, 15) is 22.8 Å². The number of amides is 2. The third-order valence-corrected chi connectivity index (χ3v) is 8.21. The summed E-state index contributed by atoms with van der Waals surface area (Å²) in [5.41, 5.74) is 0.151. The molecule has 0 aliphatic carbocycles. The number of hydrogen-bond donors (Lipinski definition) is 2. The van der Waals surface area contributed by atoms with Crippen LogP contribution in [-0.2, 0) is 12.7 Å². The van der Waals surface area contributed by atoms with E-state index in [2.05, 4.69) is 25.5 Å². The van der Waals surface area contributed by atoms with Gasteiger partial charge in [-0.25, -0.2) is 14.7 Å². The van der Waals surface area contributed by atoms with Crippen molar-refractivity contribution in [2.75, 3.05) is 70.0 Å². The predicted octanol–water partition coefficient (Wildman–Crippen LogP) is 6.20. The summed E-state index contributed by atoms with van der Waals surface area (Å²) in [6.45, 7) is 4.70. The van der Waals surface area contributed by atoms with Gasteiger partial charge in [0.05, 0.1) is 25.5 Å². The molecule has 0 unspecified atom stereocenters. The van der Waals surface area contributed by atoms with Crippen molar-refractivity contribution in [1.82, 2.24) is 19.8 Å². The standard InChI is InChI=1S/C35H38F3N7O5/c1-22-6-7-23(32(46)41-25-9-8-24(27(19-25)35(36,37)38)21-44-16-14-43(3)15-17-44)18-29(22)50-34(47)45(31-12-13-40-33(39-2)42-31)28-11-10-26(48-4)20-30(28)49-5/h6-13,18-20H,14-17,21H2,1-5H3,(H,41,46)(H,39,40,42). The lowest BCUT2D eigenvalue weighted by atomic mass is 10.0. The molecule has 1 aliphatic heterocycles. The summed E-state index contributed by atoms with van der Waals surface area (Å²) in [5, 5.41) is 5.39. The topological polar surface area (TPSA) is 121 Å². The number of nitrogens with one attached hydrogen (secondary N) is 2. The highest BCUT2D eigenvalue weighted by molar-refractivity contribution is 6.05. The average Bonchev–Trinajstić information content (AvgIpc) is 3.10. The molecule has 0 radical (unpaired) electrons. The molecule has 1 fully saturated rings. The van der Waals surface area contributed by atoms with Crippen LogP contribution in [0.4, 0.5) is 41.1 Å². The number of nitrogens with zero attached hydrogens (tertiary/aromatic N) is 5. The van der Waals surface area contributed by atoms with Crippen molar-refractivity contribution in [2.45, 2.75) is 19.6 Å². The molecule has 50 heavy (non-hydrogen) atoms. The number of carbonyl (C=O) groups excluding carboxylic acids is 2. The second-order valence-electron chi connectivity index (χ2n) is 11.6. The molecule has 0 saturated carbocycles. The Morgan fingerprint density at radius 2 is 1.70 bits per heavy atom. The Kier molecular flexibility index (Phi) is 11.1. The van der Waals surface area contributed by atoms with Crippen LogP contribution in [0, 0.1) is 6.92 Å². The number of likely N-dealkylation sites (N-methyl/N-ethyl adjacent to an activating group) is 1. The molecular weight excluding hydrogens is 655 g/mol. The van der Waals surface area contributed by atoms with Crippen LogP contribution in [0.3, 0.4) is 0 Å². The summed E-state index contributed by atoms with van der Waals surface area (Å²) in [7, 11) is 6.54. The van der Waals surface area contributed by atoms with Gasteiger partial charge in [-0.05, 0) is 61.5 Å². The van der Waals surface area contributed by atoms with Crippen molar-refractivity contribution in [2.24, 2.45) is 0 Å². The molecule has 15 heteroatoms. The maximum absolute atomic E-state index is 14.1. The number of benzene rings is 3. The van der Waals surface area contributed by atoms with Crippen molar-refractivity contribution < 1.29 is 37.0 Å². The molecular formula is C35H38F3N7O5. The molecule has 1 aromatic heterocycles. The molecule has 5 rings (SSSR count). The van der Waals surface area contributed by atoms with Gasteiger partial charge in [0.15, 0.2) is 0 Å². The number of alkyl halides is 3. The summed E-state index contributed by atoms with van der Waals surface area (Å²) in [4.78, 5) is 41.0. The number of methoxy groups -OCH3 is 2. The van der Waals surface area contributed by atoms with Crippen LogP contribution in [0.5, 0.6) is 17.2 Å². The Morgan fingerprint density at radius 1 is 0.940 bits per heavy atom. The lowest BCUT2D eigenvalue weighted by Crippen LogP contribution is -2.44. The van der Waals surface area contributed by atoms with E-state index in [-0.39, 0.29) is 52.3 Å². The van der Waals surface area contributed by atoms with E-state index in [0.29, 0.717) is 24.4 Å². The summed E-state index contributed by atoms with van der Waals surface area (Å²) in [6, 6.07) is 14.5. The van der Waals surface area contributed by atoms with Gasteiger partial charge in [-0.1, -0.05) is 12.1 Å². The molecule has 3 aromatic carbocycles. The Bertz CT molecular complexity index is 1850. The molecule has 2 heterocycles. The van der Waals surface area contributed by atoms with Gasteiger partial charge in [0.2, 0.25) is 5.95 Å². The highest BCUT2D eigenvalue weighted by Gasteiger charge is 2.34. The van der Waals surface area contributed by atoms with Crippen LogP contribution < -0.4 is 29.7 Å². The van der Waals surface area contributed by atoms with Crippen LogP contribution in [-0.4, -0.2) is 86.3 Å². The van der Waals surface area contributed by atoms with Gasteiger partial charge >= 0.3 is 12.3 Å². The SMILES string of the molecule is CNc1nccc(N(C(=O)Oc2cc(C(=O)Nc3ccc(CN4CCN(C)CC4)c(C(F)(F)F)c3)ccc2C)c2ccc(OC)cc2OC)n1. The van der Waals surface area contributed by atoms with E-state index in [1.807, 2.05) is 11.9 Å². The lowest BCUT2D eigenvalue weighted by Gasteiger charge is -2.33. The van der Waals surface area contributed by atoms with Crippen LogP contribution >= 0.6 is 0 Å². The Morgan fingerprint density at radius 3 is 2.38 bits per heavy atom. The third-order valence-electron chi connectivity index (χ3n) is 8.21. The number of hydrogen-bond acceptors (Lipinski definition) is 10. The summed E-state index contributed by atoms with van der Waals surface area (Å²) < 4.78 is 59.1. The van der Waals surface area contributed by atoms with E-state index in [1.54, 1.807) is 38.2 Å². The van der Waals surface area contributed by atoms with Gasteiger partial charge in [0, 0.05) is 69.4 Å². The minimum Gasteiger partial charge on any atom is -0.497 e. The summed E-state index contributed by atoms with van der Waals surface area (Å²) in [6.07, 6.45) is -4.05. The van der Waals surface area contributed by atoms with E-state index in [1.165, 1.54) is 55.6 Å². The van der Waals surface area contributed by atoms with E-state index < -0.39 is 23.7 Å². The molecule has 264 valence electrons. The zero-order valence-electron chi connectivity index (χ0n) is 28.3. The van der Waals surface area contributed by atoms with Gasteiger partial charge in [-0.2, -0.15) is 18.2 Å². The molecule has 2 N–H and O–H groups in total. The summed E-state index contributed by atoms with van der Waals surface area (Å²) >= 11 is 0. The molecule has 1 aliphatic rings. The fraction of sp³-hybridized carbons (Fsp3) is 0.314. The largest absolute Gasteiger partial charge is 0.497 e. The number of carbonyl (C=O) groups is 2. The third kappa shape index (κ3) is 8.41. The quantitative estimate of drug-likeness (QED) is 0.199. The minimum absolute atomic E-state index is 0.0227. The van der Waals surface area contributed by atoms with Crippen LogP contribution in [0.15, 0.2) is 66.9 Å². The molecule has 2 amide bonds.